The van der Waals surface area contributed by atoms with Crippen LogP contribution in [0.15, 0.2) is 48.8 Å². The molecule has 0 fully saturated rings. The molecule has 1 heterocycles. The van der Waals surface area contributed by atoms with Crippen molar-refractivity contribution in [1.82, 2.24) is 10.3 Å². The topological polar surface area (TPSA) is 54.0 Å². The number of urea groups is 1. The largest absolute Gasteiger partial charge is 0.334 e. The molecular weight excluding hydrogens is 233 g/mol. The van der Waals surface area contributed by atoms with Crippen molar-refractivity contribution in [1.29, 1.82) is 0 Å². The molecule has 2 aromatic rings. The number of amides is 2. The van der Waals surface area contributed by atoms with Gasteiger partial charge >= 0.3 is 6.03 Å². The summed E-state index contributed by atoms with van der Waals surface area (Å²) in [4.78, 5) is 15.1. The first kappa shape index (κ1) is 12.0. The van der Waals surface area contributed by atoms with Gasteiger partial charge in [-0.15, -0.1) is 0 Å². The number of carbonyl (C=O) groups excluding carboxylic acids is 1. The van der Waals surface area contributed by atoms with Crippen LogP contribution in [0.3, 0.4) is 0 Å². The second kappa shape index (κ2) is 5.77. The van der Waals surface area contributed by atoms with E-state index in [0.29, 0.717) is 6.54 Å². The zero-order valence-corrected chi connectivity index (χ0v) is 9.56. The number of pyridine rings is 1. The maximum atomic E-state index is 13.2. The van der Waals surface area contributed by atoms with Crippen LogP contribution in [0.1, 0.15) is 5.56 Å². The van der Waals surface area contributed by atoms with Gasteiger partial charge < -0.3 is 10.6 Å². The number of benzene rings is 1. The summed E-state index contributed by atoms with van der Waals surface area (Å²) in [6.45, 7) is 0.388. The Balaban J connectivity index is 1.88. The summed E-state index contributed by atoms with van der Waals surface area (Å²) in [5.74, 6) is -0.563. The molecule has 2 N–H and O–H groups in total. The van der Waals surface area contributed by atoms with Gasteiger partial charge in [0.2, 0.25) is 0 Å². The summed E-state index contributed by atoms with van der Waals surface area (Å²) in [6, 6.07) is 10.4. The predicted octanol–water partition coefficient (Wildman–Crippen LogP) is 2.54. The van der Waals surface area contributed by atoms with E-state index in [1.807, 2.05) is 30.3 Å². The number of hydrogen-bond donors (Lipinski definition) is 2. The Kier molecular flexibility index (Phi) is 3.86. The molecule has 0 bridgehead atoms. The number of nitrogens with zero attached hydrogens (tertiary/aromatic N) is 1. The molecule has 0 atom stereocenters. The fourth-order valence-corrected chi connectivity index (χ4v) is 1.42. The summed E-state index contributed by atoms with van der Waals surface area (Å²) in [5, 5.41) is 5.05. The van der Waals surface area contributed by atoms with Gasteiger partial charge in [-0.25, -0.2) is 9.18 Å². The number of nitrogens with one attached hydrogen (secondary N) is 2. The highest BCUT2D eigenvalue weighted by atomic mass is 19.1. The average Bonchev–Trinajstić information content (AvgIpc) is 2.40. The van der Waals surface area contributed by atoms with Gasteiger partial charge in [-0.3, -0.25) is 4.98 Å². The van der Waals surface area contributed by atoms with Crippen molar-refractivity contribution in [2.45, 2.75) is 6.54 Å². The van der Waals surface area contributed by atoms with E-state index in [4.69, 9.17) is 0 Å². The standard InChI is InChI=1S/C13H12FN3O/c14-11-9-15-7-6-12(11)17-13(18)16-8-10-4-2-1-3-5-10/h1-7,9H,8H2,(H2,15,16,17,18). The maximum Gasteiger partial charge on any atom is 0.319 e. The Hall–Kier alpha value is -2.43. The van der Waals surface area contributed by atoms with Crippen LogP contribution < -0.4 is 10.6 Å². The second-order valence-corrected chi connectivity index (χ2v) is 3.65. The van der Waals surface area contributed by atoms with Crippen molar-refractivity contribution in [3.05, 3.63) is 60.2 Å². The molecule has 0 aliphatic rings. The van der Waals surface area contributed by atoms with Crippen LogP contribution in [0.5, 0.6) is 0 Å². The van der Waals surface area contributed by atoms with Crippen LogP contribution in [0.4, 0.5) is 14.9 Å². The van der Waals surface area contributed by atoms with Crippen LogP contribution in [0.25, 0.3) is 0 Å². The third kappa shape index (κ3) is 3.28. The average molecular weight is 245 g/mol. The zero-order valence-electron chi connectivity index (χ0n) is 9.56. The predicted molar refractivity (Wildman–Crippen MR) is 66.5 cm³/mol. The van der Waals surface area contributed by atoms with Crippen LogP contribution in [0, 0.1) is 5.82 Å². The Bertz CT molecular complexity index is 531. The Labute approximate surface area is 104 Å². The molecule has 4 nitrogen and oxygen atoms in total. The van der Waals surface area contributed by atoms with Crippen LogP contribution in [-0.2, 0) is 6.54 Å². The van der Waals surface area contributed by atoms with E-state index in [1.165, 1.54) is 12.3 Å². The van der Waals surface area contributed by atoms with Crippen LogP contribution >= 0.6 is 0 Å². The van der Waals surface area contributed by atoms with Crippen LogP contribution in [-0.4, -0.2) is 11.0 Å². The highest BCUT2D eigenvalue weighted by Crippen LogP contribution is 2.10. The van der Waals surface area contributed by atoms with E-state index in [1.54, 1.807) is 0 Å². The maximum absolute atomic E-state index is 13.2. The molecule has 0 saturated carbocycles. The lowest BCUT2D eigenvalue weighted by Crippen LogP contribution is -2.28. The van der Waals surface area contributed by atoms with Crippen LogP contribution in [0.2, 0.25) is 0 Å². The summed E-state index contributed by atoms with van der Waals surface area (Å²) in [7, 11) is 0. The van der Waals surface area contributed by atoms with Crippen molar-refractivity contribution in [2.24, 2.45) is 0 Å². The van der Waals surface area contributed by atoms with Crippen molar-refractivity contribution in [3.63, 3.8) is 0 Å². The van der Waals surface area contributed by atoms with E-state index in [9.17, 15) is 9.18 Å². The molecule has 0 aliphatic heterocycles. The Morgan fingerprint density at radius 2 is 2.00 bits per heavy atom. The van der Waals surface area contributed by atoms with E-state index in [2.05, 4.69) is 15.6 Å². The lowest BCUT2D eigenvalue weighted by molar-refractivity contribution is 0.251. The number of aromatic nitrogens is 1. The number of rotatable bonds is 3. The van der Waals surface area contributed by atoms with E-state index < -0.39 is 11.8 Å². The molecule has 1 aromatic carbocycles. The molecule has 18 heavy (non-hydrogen) atoms. The van der Waals surface area contributed by atoms with E-state index in [0.717, 1.165) is 11.8 Å². The third-order valence-electron chi connectivity index (χ3n) is 2.32. The zero-order chi connectivity index (χ0) is 12.8. The molecule has 0 spiro atoms. The molecule has 1 aromatic heterocycles. The normalized spacial score (nSPS) is 9.83. The molecule has 0 unspecified atom stereocenters. The minimum absolute atomic E-state index is 0.107. The van der Waals surface area contributed by atoms with E-state index in [-0.39, 0.29) is 5.69 Å². The van der Waals surface area contributed by atoms with Gasteiger partial charge in [0.05, 0.1) is 11.9 Å². The lowest BCUT2D eigenvalue weighted by Gasteiger charge is -2.07. The number of carbonyl (C=O) groups is 1. The SMILES string of the molecule is O=C(NCc1ccccc1)Nc1ccncc1F. The summed E-state index contributed by atoms with van der Waals surface area (Å²) < 4.78 is 13.2. The highest BCUT2D eigenvalue weighted by Gasteiger charge is 2.05. The highest BCUT2D eigenvalue weighted by molar-refractivity contribution is 5.89. The summed E-state index contributed by atoms with van der Waals surface area (Å²) in [6.07, 6.45) is 2.46. The van der Waals surface area contributed by atoms with Gasteiger partial charge in [0, 0.05) is 12.7 Å². The minimum atomic E-state index is -0.563. The fraction of sp³-hybridized carbons (Fsp3) is 0.0769. The van der Waals surface area contributed by atoms with Gasteiger partial charge in [-0.1, -0.05) is 30.3 Å². The number of anilines is 1. The van der Waals surface area contributed by atoms with Crippen molar-refractivity contribution < 1.29 is 9.18 Å². The summed E-state index contributed by atoms with van der Waals surface area (Å²) >= 11 is 0. The molecule has 5 heteroatoms. The Morgan fingerprint density at radius 3 is 2.72 bits per heavy atom. The first-order chi connectivity index (χ1) is 8.75. The Morgan fingerprint density at radius 1 is 1.22 bits per heavy atom. The summed E-state index contributed by atoms with van der Waals surface area (Å²) in [5.41, 5.74) is 1.08. The molecular formula is C13H12FN3O. The molecule has 0 aliphatic carbocycles. The molecule has 0 radical (unpaired) electrons. The van der Waals surface area contributed by atoms with Gasteiger partial charge in [-0.2, -0.15) is 0 Å². The number of halogens is 1. The molecule has 0 saturated heterocycles. The third-order valence-corrected chi connectivity index (χ3v) is 2.32. The minimum Gasteiger partial charge on any atom is -0.334 e. The molecule has 92 valence electrons. The first-order valence-electron chi connectivity index (χ1n) is 5.44. The fourth-order valence-electron chi connectivity index (χ4n) is 1.42. The van der Waals surface area contributed by atoms with Gasteiger partial charge in [0.15, 0.2) is 5.82 Å². The van der Waals surface area contributed by atoms with Gasteiger partial charge in [0.25, 0.3) is 0 Å². The smallest absolute Gasteiger partial charge is 0.319 e. The van der Waals surface area contributed by atoms with E-state index >= 15 is 0 Å². The quantitative estimate of drug-likeness (QED) is 0.873. The van der Waals surface area contributed by atoms with Crippen molar-refractivity contribution >= 4 is 11.7 Å². The van der Waals surface area contributed by atoms with Gasteiger partial charge in [0.1, 0.15) is 0 Å². The second-order valence-electron chi connectivity index (χ2n) is 3.65. The van der Waals surface area contributed by atoms with Crippen molar-refractivity contribution in [3.8, 4) is 0 Å². The molecule has 2 rings (SSSR count). The number of hydrogen-bond acceptors (Lipinski definition) is 2. The first-order valence-corrected chi connectivity index (χ1v) is 5.44. The lowest BCUT2D eigenvalue weighted by atomic mass is 10.2. The monoisotopic (exact) mass is 245 g/mol. The molecule has 2 amide bonds. The van der Waals surface area contributed by atoms with Gasteiger partial charge in [-0.05, 0) is 11.6 Å². The van der Waals surface area contributed by atoms with Crippen molar-refractivity contribution in [2.75, 3.05) is 5.32 Å².